The standard InChI is InChI=1S/C16H13N3O4S2/c1-8-11(16(22)23-2)15(25-12(8)13(18)20)19-14(21)10(6-17)5-9-3-4-24-7-9/h3-5,7H,1-2H3,(H2,18,20)(H,19,21)/b10-5+. The van der Waals surface area contributed by atoms with E-state index in [2.05, 4.69) is 5.32 Å². The number of rotatable bonds is 5. The fourth-order valence-electron chi connectivity index (χ4n) is 2.03. The molecule has 3 N–H and O–H groups in total. The SMILES string of the molecule is COC(=O)c1c(NC(=O)/C(C#N)=C/c2ccsc2)sc(C(N)=O)c1C. The van der Waals surface area contributed by atoms with E-state index >= 15 is 0 Å². The van der Waals surface area contributed by atoms with Crippen LogP contribution in [0.4, 0.5) is 5.00 Å². The summed E-state index contributed by atoms with van der Waals surface area (Å²) >= 11 is 2.29. The van der Waals surface area contributed by atoms with Crippen molar-refractivity contribution < 1.29 is 19.1 Å². The molecule has 2 aromatic heterocycles. The highest BCUT2D eigenvalue weighted by molar-refractivity contribution is 7.18. The van der Waals surface area contributed by atoms with Crippen LogP contribution in [-0.2, 0) is 9.53 Å². The predicted molar refractivity (Wildman–Crippen MR) is 95.5 cm³/mol. The van der Waals surface area contributed by atoms with Gasteiger partial charge in [0.25, 0.3) is 11.8 Å². The Morgan fingerprint density at radius 1 is 1.40 bits per heavy atom. The van der Waals surface area contributed by atoms with Crippen molar-refractivity contribution in [1.29, 1.82) is 5.26 Å². The van der Waals surface area contributed by atoms with Crippen molar-refractivity contribution in [2.24, 2.45) is 5.73 Å². The van der Waals surface area contributed by atoms with Crippen LogP contribution in [-0.4, -0.2) is 24.9 Å². The molecule has 0 aliphatic carbocycles. The Morgan fingerprint density at radius 3 is 2.64 bits per heavy atom. The van der Waals surface area contributed by atoms with Crippen LogP contribution in [0, 0.1) is 18.3 Å². The maximum atomic E-state index is 12.4. The number of thiophene rings is 2. The zero-order chi connectivity index (χ0) is 18.6. The predicted octanol–water partition coefficient (Wildman–Crippen LogP) is 2.55. The molecule has 0 radical (unpaired) electrons. The van der Waals surface area contributed by atoms with E-state index in [1.54, 1.807) is 11.4 Å². The minimum atomic E-state index is -0.720. The van der Waals surface area contributed by atoms with Gasteiger partial charge in [0, 0.05) is 0 Å². The van der Waals surface area contributed by atoms with Crippen molar-refractivity contribution in [2.75, 3.05) is 12.4 Å². The summed E-state index contributed by atoms with van der Waals surface area (Å²) in [7, 11) is 1.19. The molecular weight excluding hydrogens is 362 g/mol. The summed E-state index contributed by atoms with van der Waals surface area (Å²) in [5.74, 6) is -2.13. The van der Waals surface area contributed by atoms with Gasteiger partial charge in [-0.1, -0.05) is 0 Å². The number of primary amides is 1. The van der Waals surface area contributed by atoms with E-state index in [1.165, 1.54) is 31.4 Å². The van der Waals surface area contributed by atoms with Gasteiger partial charge >= 0.3 is 5.97 Å². The molecule has 0 saturated carbocycles. The molecule has 0 atom stereocenters. The minimum absolute atomic E-state index is 0.0440. The van der Waals surface area contributed by atoms with Crippen LogP contribution in [0.15, 0.2) is 22.4 Å². The van der Waals surface area contributed by atoms with Gasteiger partial charge in [-0.2, -0.15) is 16.6 Å². The second kappa shape index (κ2) is 7.74. The Bertz CT molecular complexity index is 905. The molecule has 0 saturated heterocycles. The molecule has 0 aromatic carbocycles. The number of amides is 2. The third-order valence-electron chi connectivity index (χ3n) is 3.21. The molecule has 2 rings (SSSR count). The summed E-state index contributed by atoms with van der Waals surface area (Å²) in [6.45, 7) is 1.53. The average Bonchev–Trinajstić information content (AvgIpc) is 3.19. The van der Waals surface area contributed by atoms with Crippen LogP contribution < -0.4 is 11.1 Å². The monoisotopic (exact) mass is 375 g/mol. The fraction of sp³-hybridized carbons (Fsp3) is 0.125. The first-order valence-electron chi connectivity index (χ1n) is 6.85. The van der Waals surface area contributed by atoms with E-state index in [-0.39, 0.29) is 21.0 Å². The van der Waals surface area contributed by atoms with Gasteiger partial charge in [0.05, 0.1) is 17.6 Å². The van der Waals surface area contributed by atoms with Crippen LogP contribution in [0.1, 0.15) is 31.2 Å². The first-order valence-corrected chi connectivity index (χ1v) is 8.61. The lowest BCUT2D eigenvalue weighted by molar-refractivity contribution is -0.112. The zero-order valence-corrected chi connectivity index (χ0v) is 14.9. The van der Waals surface area contributed by atoms with Crippen molar-refractivity contribution in [3.05, 3.63) is 44.0 Å². The van der Waals surface area contributed by atoms with E-state index in [0.717, 1.165) is 11.3 Å². The molecule has 25 heavy (non-hydrogen) atoms. The molecule has 7 nitrogen and oxygen atoms in total. The summed E-state index contributed by atoms with van der Waals surface area (Å²) in [4.78, 5) is 36.0. The Balaban J connectivity index is 2.40. The van der Waals surface area contributed by atoms with E-state index < -0.39 is 17.8 Å². The minimum Gasteiger partial charge on any atom is -0.465 e. The molecule has 0 fully saturated rings. The third-order valence-corrected chi connectivity index (χ3v) is 5.13. The highest BCUT2D eigenvalue weighted by atomic mass is 32.1. The smallest absolute Gasteiger partial charge is 0.341 e. The van der Waals surface area contributed by atoms with Gasteiger partial charge < -0.3 is 15.8 Å². The number of nitrogens with two attached hydrogens (primary N) is 1. The quantitative estimate of drug-likeness (QED) is 0.472. The summed E-state index contributed by atoms with van der Waals surface area (Å²) in [6.07, 6.45) is 1.43. The molecule has 2 heterocycles. The molecule has 2 amide bonds. The maximum absolute atomic E-state index is 12.4. The first-order chi connectivity index (χ1) is 11.9. The number of carbonyl (C=O) groups is 3. The van der Waals surface area contributed by atoms with Gasteiger partial charge in [-0.15, -0.1) is 11.3 Å². The lowest BCUT2D eigenvalue weighted by atomic mass is 10.1. The number of anilines is 1. The number of nitrogens with zero attached hydrogens (tertiary/aromatic N) is 1. The second-order valence-electron chi connectivity index (χ2n) is 4.80. The summed E-state index contributed by atoms with van der Waals surface area (Å²) < 4.78 is 4.69. The van der Waals surface area contributed by atoms with Gasteiger partial charge in [0.15, 0.2) is 0 Å². The molecule has 0 bridgehead atoms. The Labute approximate surface area is 151 Å². The van der Waals surface area contributed by atoms with Crippen molar-refractivity contribution in [2.45, 2.75) is 6.92 Å². The van der Waals surface area contributed by atoms with Gasteiger partial charge in [0.1, 0.15) is 16.6 Å². The molecule has 0 spiro atoms. The van der Waals surface area contributed by atoms with Gasteiger partial charge in [-0.3, -0.25) is 9.59 Å². The zero-order valence-electron chi connectivity index (χ0n) is 13.3. The summed E-state index contributed by atoms with van der Waals surface area (Å²) in [5.41, 5.74) is 6.23. The Kier molecular flexibility index (Phi) is 5.69. The third kappa shape index (κ3) is 3.93. The number of hydrogen-bond donors (Lipinski definition) is 2. The molecule has 128 valence electrons. The number of esters is 1. The van der Waals surface area contributed by atoms with Crippen molar-refractivity contribution in [3.63, 3.8) is 0 Å². The molecule has 0 aliphatic heterocycles. The molecule has 2 aromatic rings. The number of carbonyl (C=O) groups excluding carboxylic acids is 3. The maximum Gasteiger partial charge on any atom is 0.341 e. The largest absolute Gasteiger partial charge is 0.465 e. The average molecular weight is 375 g/mol. The molecule has 0 aliphatic rings. The van der Waals surface area contributed by atoms with Gasteiger partial charge in [-0.05, 0) is 41.0 Å². The first kappa shape index (κ1) is 18.4. The summed E-state index contributed by atoms with van der Waals surface area (Å²) in [6, 6.07) is 3.58. The van der Waals surface area contributed by atoms with Crippen molar-refractivity contribution >= 4 is 51.5 Å². The summed E-state index contributed by atoms with van der Waals surface area (Å²) in [5, 5.41) is 15.4. The van der Waals surface area contributed by atoms with Crippen LogP contribution in [0.25, 0.3) is 6.08 Å². The van der Waals surface area contributed by atoms with Crippen molar-refractivity contribution in [1.82, 2.24) is 0 Å². The molecule has 9 heteroatoms. The van der Waals surface area contributed by atoms with E-state index in [4.69, 9.17) is 10.5 Å². The number of nitrogens with one attached hydrogen (secondary N) is 1. The van der Waals surface area contributed by atoms with Gasteiger partial charge in [0.2, 0.25) is 0 Å². The van der Waals surface area contributed by atoms with Crippen LogP contribution in [0.3, 0.4) is 0 Å². The van der Waals surface area contributed by atoms with Gasteiger partial charge in [-0.25, -0.2) is 4.79 Å². The van der Waals surface area contributed by atoms with E-state index in [1.807, 2.05) is 11.4 Å². The lowest BCUT2D eigenvalue weighted by Crippen LogP contribution is -2.15. The van der Waals surface area contributed by atoms with Crippen LogP contribution in [0.5, 0.6) is 0 Å². The Hall–Kier alpha value is -2.96. The van der Waals surface area contributed by atoms with Crippen LogP contribution in [0.2, 0.25) is 0 Å². The highest BCUT2D eigenvalue weighted by Crippen LogP contribution is 2.33. The van der Waals surface area contributed by atoms with Crippen molar-refractivity contribution in [3.8, 4) is 6.07 Å². The van der Waals surface area contributed by atoms with E-state index in [0.29, 0.717) is 11.1 Å². The fourth-order valence-corrected chi connectivity index (χ4v) is 3.69. The normalized spacial score (nSPS) is 10.8. The highest BCUT2D eigenvalue weighted by Gasteiger charge is 2.26. The molecular formula is C16H13N3O4S2. The second-order valence-corrected chi connectivity index (χ2v) is 6.60. The number of ether oxygens (including phenoxy) is 1. The number of hydrogen-bond acceptors (Lipinski definition) is 7. The van der Waals surface area contributed by atoms with Crippen LogP contribution >= 0.6 is 22.7 Å². The number of nitriles is 1. The van der Waals surface area contributed by atoms with E-state index in [9.17, 15) is 19.6 Å². The topological polar surface area (TPSA) is 122 Å². The lowest BCUT2D eigenvalue weighted by Gasteiger charge is -2.05. The molecule has 0 unspecified atom stereocenters. The Morgan fingerprint density at radius 2 is 2.12 bits per heavy atom. The number of methoxy groups -OCH3 is 1.